The second-order valence-electron chi connectivity index (χ2n) is 8.25. The Kier molecular flexibility index (Phi) is 5.00. The first-order valence-electron chi connectivity index (χ1n) is 9.88. The summed E-state index contributed by atoms with van der Waals surface area (Å²) in [5, 5.41) is 0.645. The monoisotopic (exact) mass is 399 g/mol. The summed E-state index contributed by atoms with van der Waals surface area (Å²) in [6.07, 6.45) is 3.75. The first-order valence-corrected chi connectivity index (χ1v) is 10.3. The Balaban J connectivity index is 1.39. The molecule has 5 heteroatoms. The lowest BCUT2D eigenvalue weighted by Gasteiger charge is -2.45. The number of benzene rings is 2. The molecule has 0 atom stereocenters. The van der Waals surface area contributed by atoms with Crippen molar-refractivity contribution < 1.29 is 14.3 Å². The number of carbonyl (C=O) groups excluding carboxylic acids is 1. The molecular formula is C23H26ClNO3. The Morgan fingerprint density at radius 3 is 2.46 bits per heavy atom. The van der Waals surface area contributed by atoms with Gasteiger partial charge in [0.05, 0.1) is 0 Å². The van der Waals surface area contributed by atoms with Gasteiger partial charge in [0.15, 0.2) is 5.60 Å². The fourth-order valence-electron chi connectivity index (χ4n) is 4.15. The second kappa shape index (κ2) is 7.32. The third-order valence-corrected chi connectivity index (χ3v) is 6.06. The standard InChI is InChI=1S/C23H26ClNO3/c1-22(2,27-19-9-7-18(24)8-10-19)21(26)25-15-13-23(14-16-25)12-11-17-5-3-4-6-20(17)28-23/h3-10H,11-16H2,1-2H3. The van der Waals surface area contributed by atoms with Gasteiger partial charge in [0.2, 0.25) is 0 Å². The van der Waals surface area contributed by atoms with E-state index in [1.807, 2.05) is 24.8 Å². The summed E-state index contributed by atoms with van der Waals surface area (Å²) in [7, 11) is 0. The Morgan fingerprint density at radius 2 is 1.75 bits per heavy atom. The Hall–Kier alpha value is -2.20. The van der Waals surface area contributed by atoms with E-state index in [4.69, 9.17) is 21.1 Å². The predicted molar refractivity (Wildman–Crippen MR) is 110 cm³/mol. The van der Waals surface area contributed by atoms with Gasteiger partial charge in [-0.15, -0.1) is 0 Å². The van der Waals surface area contributed by atoms with Gasteiger partial charge in [-0.2, -0.15) is 0 Å². The van der Waals surface area contributed by atoms with Crippen molar-refractivity contribution >= 4 is 17.5 Å². The highest BCUT2D eigenvalue weighted by Crippen LogP contribution is 2.39. The highest BCUT2D eigenvalue weighted by atomic mass is 35.5. The lowest BCUT2D eigenvalue weighted by atomic mass is 9.83. The average molecular weight is 400 g/mol. The maximum Gasteiger partial charge on any atom is 0.266 e. The number of para-hydroxylation sites is 1. The van der Waals surface area contributed by atoms with Gasteiger partial charge in [0, 0.05) is 31.0 Å². The number of aryl methyl sites for hydroxylation is 1. The number of halogens is 1. The lowest BCUT2D eigenvalue weighted by molar-refractivity contribution is -0.149. The highest BCUT2D eigenvalue weighted by molar-refractivity contribution is 6.30. The summed E-state index contributed by atoms with van der Waals surface area (Å²) < 4.78 is 12.4. The number of carbonyl (C=O) groups is 1. The van der Waals surface area contributed by atoms with Crippen LogP contribution >= 0.6 is 11.6 Å². The van der Waals surface area contributed by atoms with E-state index in [2.05, 4.69) is 18.2 Å². The maximum atomic E-state index is 13.1. The summed E-state index contributed by atoms with van der Waals surface area (Å²) in [5.74, 6) is 1.65. The molecule has 1 spiro atoms. The van der Waals surface area contributed by atoms with Crippen molar-refractivity contribution in [1.82, 2.24) is 4.90 Å². The summed E-state index contributed by atoms with van der Waals surface area (Å²) in [4.78, 5) is 15.0. The molecule has 1 saturated heterocycles. The number of amides is 1. The topological polar surface area (TPSA) is 38.8 Å². The van der Waals surface area contributed by atoms with Gasteiger partial charge in [-0.3, -0.25) is 4.79 Å². The van der Waals surface area contributed by atoms with Crippen LogP contribution in [0.15, 0.2) is 48.5 Å². The number of rotatable bonds is 3. The molecule has 1 fully saturated rings. The van der Waals surface area contributed by atoms with Gasteiger partial charge >= 0.3 is 0 Å². The molecule has 28 heavy (non-hydrogen) atoms. The molecule has 0 aliphatic carbocycles. The third-order valence-electron chi connectivity index (χ3n) is 5.81. The molecule has 0 unspecified atom stereocenters. The summed E-state index contributed by atoms with van der Waals surface area (Å²) >= 11 is 5.93. The SMILES string of the molecule is CC(C)(Oc1ccc(Cl)cc1)C(=O)N1CCC2(CCc3ccccc3O2)CC1. The molecule has 0 bridgehead atoms. The van der Waals surface area contributed by atoms with Crippen LogP contribution in [0, 0.1) is 0 Å². The minimum absolute atomic E-state index is 0.00788. The van der Waals surface area contributed by atoms with E-state index in [0.717, 1.165) is 31.4 Å². The molecule has 2 aromatic rings. The molecule has 2 aliphatic heterocycles. The number of nitrogens with zero attached hydrogens (tertiary/aromatic N) is 1. The van der Waals surface area contributed by atoms with Crippen LogP contribution in [-0.4, -0.2) is 35.1 Å². The van der Waals surface area contributed by atoms with Crippen LogP contribution in [0.2, 0.25) is 5.02 Å². The number of fused-ring (bicyclic) bond motifs is 1. The lowest BCUT2D eigenvalue weighted by Crippen LogP contribution is -2.56. The fourth-order valence-corrected chi connectivity index (χ4v) is 4.27. The van der Waals surface area contributed by atoms with E-state index in [1.165, 1.54) is 5.56 Å². The molecule has 2 aromatic carbocycles. The Bertz CT molecular complexity index is 854. The van der Waals surface area contributed by atoms with Gasteiger partial charge in [-0.1, -0.05) is 29.8 Å². The molecule has 0 N–H and O–H groups in total. The largest absolute Gasteiger partial charge is 0.487 e. The zero-order valence-electron chi connectivity index (χ0n) is 16.4. The molecule has 0 saturated carbocycles. The Labute approximate surface area is 171 Å². The predicted octanol–water partition coefficient (Wildman–Crippen LogP) is 4.88. The zero-order valence-corrected chi connectivity index (χ0v) is 17.2. The third kappa shape index (κ3) is 3.83. The molecule has 0 radical (unpaired) electrons. The average Bonchev–Trinajstić information content (AvgIpc) is 2.69. The summed E-state index contributed by atoms with van der Waals surface area (Å²) in [6.45, 7) is 5.02. The maximum absolute atomic E-state index is 13.1. The molecule has 0 aromatic heterocycles. The van der Waals surface area contributed by atoms with E-state index >= 15 is 0 Å². The minimum Gasteiger partial charge on any atom is -0.487 e. The van der Waals surface area contributed by atoms with Crippen LogP contribution in [0.3, 0.4) is 0 Å². The molecule has 2 aliphatic rings. The Morgan fingerprint density at radius 1 is 1.07 bits per heavy atom. The van der Waals surface area contributed by atoms with E-state index < -0.39 is 5.60 Å². The summed E-state index contributed by atoms with van der Waals surface area (Å²) in [5.41, 5.74) is 0.203. The number of piperidine rings is 1. The number of hydrogen-bond acceptors (Lipinski definition) is 3. The zero-order chi connectivity index (χ0) is 19.8. The van der Waals surface area contributed by atoms with Gasteiger partial charge < -0.3 is 14.4 Å². The minimum atomic E-state index is -0.932. The fraction of sp³-hybridized carbons (Fsp3) is 0.435. The van der Waals surface area contributed by atoms with Crippen LogP contribution in [0.25, 0.3) is 0 Å². The molecule has 4 nitrogen and oxygen atoms in total. The van der Waals surface area contributed by atoms with Crippen LogP contribution in [0.1, 0.15) is 38.7 Å². The van der Waals surface area contributed by atoms with Crippen LogP contribution < -0.4 is 9.47 Å². The highest BCUT2D eigenvalue weighted by Gasteiger charge is 2.43. The summed E-state index contributed by atoms with van der Waals surface area (Å²) in [6, 6.07) is 15.4. The van der Waals surface area contributed by atoms with Crippen molar-refractivity contribution in [3.63, 3.8) is 0 Å². The number of hydrogen-bond donors (Lipinski definition) is 0. The van der Waals surface area contributed by atoms with Gasteiger partial charge in [0.1, 0.15) is 17.1 Å². The first kappa shape index (κ1) is 19.1. The normalized spacial score (nSPS) is 18.3. The van der Waals surface area contributed by atoms with Crippen molar-refractivity contribution in [2.24, 2.45) is 0 Å². The second-order valence-corrected chi connectivity index (χ2v) is 8.69. The van der Waals surface area contributed by atoms with E-state index in [0.29, 0.717) is 23.9 Å². The van der Waals surface area contributed by atoms with Gasteiger partial charge in [0.25, 0.3) is 5.91 Å². The van der Waals surface area contributed by atoms with E-state index in [-0.39, 0.29) is 11.5 Å². The number of likely N-dealkylation sites (tertiary alicyclic amines) is 1. The number of ether oxygens (including phenoxy) is 2. The van der Waals surface area contributed by atoms with Crippen LogP contribution in [0.5, 0.6) is 11.5 Å². The van der Waals surface area contributed by atoms with E-state index in [1.54, 1.807) is 24.3 Å². The first-order chi connectivity index (χ1) is 13.4. The molecule has 4 rings (SSSR count). The smallest absolute Gasteiger partial charge is 0.266 e. The molecule has 1 amide bonds. The molecular weight excluding hydrogens is 374 g/mol. The van der Waals surface area contributed by atoms with Gasteiger partial charge in [-0.25, -0.2) is 0 Å². The molecule has 148 valence electrons. The van der Waals surface area contributed by atoms with Crippen LogP contribution in [-0.2, 0) is 11.2 Å². The van der Waals surface area contributed by atoms with Crippen molar-refractivity contribution in [3.05, 3.63) is 59.1 Å². The van der Waals surface area contributed by atoms with Crippen molar-refractivity contribution in [2.75, 3.05) is 13.1 Å². The van der Waals surface area contributed by atoms with Crippen molar-refractivity contribution in [3.8, 4) is 11.5 Å². The van der Waals surface area contributed by atoms with Crippen molar-refractivity contribution in [2.45, 2.75) is 50.7 Å². The van der Waals surface area contributed by atoms with Gasteiger partial charge in [-0.05, 0) is 62.6 Å². The van der Waals surface area contributed by atoms with Crippen molar-refractivity contribution in [1.29, 1.82) is 0 Å². The van der Waals surface area contributed by atoms with E-state index in [9.17, 15) is 4.79 Å². The van der Waals surface area contributed by atoms with Crippen LogP contribution in [0.4, 0.5) is 0 Å². The quantitative estimate of drug-likeness (QED) is 0.738. The molecule has 2 heterocycles.